The number of fused-ring (bicyclic) bond motifs is 1. The summed E-state index contributed by atoms with van der Waals surface area (Å²) in [5, 5.41) is 2.70. The topological polar surface area (TPSA) is 46.9 Å². The highest BCUT2D eigenvalue weighted by Crippen LogP contribution is 2.33. The molecule has 0 aliphatic heterocycles. The number of amides is 1. The van der Waals surface area contributed by atoms with Gasteiger partial charge >= 0.3 is 6.18 Å². The first-order chi connectivity index (χ1) is 10.0. The largest absolute Gasteiger partial charge is 0.449 e. The summed E-state index contributed by atoms with van der Waals surface area (Å²) in [7, 11) is 0. The molecular formula is C15H18F3N3O. The van der Waals surface area contributed by atoms with Crippen LogP contribution in [0.15, 0.2) is 24.3 Å². The third kappa shape index (κ3) is 3.23. The zero-order chi connectivity index (χ0) is 16.7. The standard InChI is InChI=1S/C15H18F3N3O/c1-9(12(22)20-14(2,3)4)21-11-8-6-5-7-10(11)19-13(21)15(16,17)18/h5-9H,1-4H3,(H,20,22)/t9-/m1/s1. The van der Waals surface area contributed by atoms with Crippen LogP contribution in [0.4, 0.5) is 13.2 Å². The average molecular weight is 313 g/mol. The molecule has 0 aliphatic carbocycles. The van der Waals surface area contributed by atoms with Gasteiger partial charge in [0.1, 0.15) is 6.04 Å². The van der Waals surface area contributed by atoms with Crippen LogP contribution < -0.4 is 5.32 Å². The van der Waals surface area contributed by atoms with Crippen molar-refractivity contribution in [1.82, 2.24) is 14.9 Å². The maximum atomic E-state index is 13.2. The van der Waals surface area contributed by atoms with Gasteiger partial charge in [-0.2, -0.15) is 13.2 Å². The van der Waals surface area contributed by atoms with Crippen LogP contribution in [0.1, 0.15) is 39.6 Å². The highest BCUT2D eigenvalue weighted by atomic mass is 19.4. The Bertz CT molecular complexity index is 698. The first kappa shape index (κ1) is 16.3. The molecule has 0 aliphatic rings. The van der Waals surface area contributed by atoms with Gasteiger partial charge in [-0.05, 0) is 39.8 Å². The van der Waals surface area contributed by atoms with Gasteiger partial charge in [0.25, 0.3) is 0 Å². The van der Waals surface area contributed by atoms with Crippen LogP contribution in [-0.4, -0.2) is 21.0 Å². The van der Waals surface area contributed by atoms with Crippen LogP contribution in [-0.2, 0) is 11.0 Å². The lowest BCUT2D eigenvalue weighted by molar-refractivity contribution is -0.148. The lowest BCUT2D eigenvalue weighted by Crippen LogP contribution is -2.44. The van der Waals surface area contributed by atoms with Crippen molar-refractivity contribution in [3.63, 3.8) is 0 Å². The molecule has 0 saturated heterocycles. The van der Waals surface area contributed by atoms with Gasteiger partial charge in [0.05, 0.1) is 11.0 Å². The van der Waals surface area contributed by atoms with E-state index >= 15 is 0 Å². The first-order valence-electron chi connectivity index (χ1n) is 6.87. The Morgan fingerprint density at radius 2 is 1.82 bits per heavy atom. The molecule has 0 radical (unpaired) electrons. The van der Waals surface area contributed by atoms with Gasteiger partial charge in [0.2, 0.25) is 11.7 Å². The van der Waals surface area contributed by atoms with E-state index < -0.39 is 29.5 Å². The maximum Gasteiger partial charge on any atom is 0.449 e. The van der Waals surface area contributed by atoms with E-state index in [0.717, 1.165) is 4.57 Å². The number of halogens is 3. The van der Waals surface area contributed by atoms with Gasteiger partial charge in [-0.1, -0.05) is 12.1 Å². The van der Waals surface area contributed by atoms with E-state index in [4.69, 9.17) is 0 Å². The van der Waals surface area contributed by atoms with Crippen LogP contribution >= 0.6 is 0 Å². The third-order valence-electron chi connectivity index (χ3n) is 3.11. The number of imidazole rings is 1. The number of benzene rings is 1. The van der Waals surface area contributed by atoms with Gasteiger partial charge in [0, 0.05) is 5.54 Å². The van der Waals surface area contributed by atoms with E-state index in [2.05, 4.69) is 10.3 Å². The lowest BCUT2D eigenvalue weighted by atomic mass is 10.1. The number of rotatable bonds is 2. The molecule has 22 heavy (non-hydrogen) atoms. The molecule has 7 heteroatoms. The van der Waals surface area contributed by atoms with Crippen LogP contribution in [0.2, 0.25) is 0 Å². The number of nitrogens with zero attached hydrogens (tertiary/aromatic N) is 2. The number of aromatic nitrogens is 2. The number of hydrogen-bond donors (Lipinski definition) is 1. The van der Waals surface area contributed by atoms with E-state index in [1.54, 1.807) is 32.9 Å². The fourth-order valence-electron chi connectivity index (χ4n) is 2.23. The number of hydrogen-bond acceptors (Lipinski definition) is 2. The molecule has 0 unspecified atom stereocenters. The summed E-state index contributed by atoms with van der Waals surface area (Å²) < 4.78 is 40.6. The van der Waals surface area contributed by atoms with Crippen LogP contribution in [0.25, 0.3) is 11.0 Å². The maximum absolute atomic E-state index is 13.2. The molecule has 120 valence electrons. The monoisotopic (exact) mass is 313 g/mol. The van der Waals surface area contributed by atoms with E-state index in [1.165, 1.54) is 19.1 Å². The summed E-state index contributed by atoms with van der Waals surface area (Å²) in [6.45, 7) is 6.75. The van der Waals surface area contributed by atoms with E-state index in [-0.39, 0.29) is 11.0 Å². The Labute approximate surface area is 126 Å². The molecule has 2 aromatic rings. The molecule has 0 saturated carbocycles. The van der Waals surface area contributed by atoms with E-state index in [0.29, 0.717) is 0 Å². The van der Waals surface area contributed by atoms with Gasteiger partial charge in [-0.25, -0.2) is 4.98 Å². The number of carbonyl (C=O) groups is 1. The van der Waals surface area contributed by atoms with Crippen LogP contribution in [0.5, 0.6) is 0 Å². The number of para-hydroxylation sites is 2. The zero-order valence-corrected chi connectivity index (χ0v) is 12.8. The third-order valence-corrected chi connectivity index (χ3v) is 3.11. The second kappa shape index (κ2) is 5.30. The fourth-order valence-corrected chi connectivity index (χ4v) is 2.23. The highest BCUT2D eigenvalue weighted by molar-refractivity contribution is 5.84. The van der Waals surface area contributed by atoms with Gasteiger partial charge in [-0.15, -0.1) is 0 Å². The quantitative estimate of drug-likeness (QED) is 0.922. The van der Waals surface area contributed by atoms with Crippen molar-refractivity contribution in [3.05, 3.63) is 30.1 Å². The van der Waals surface area contributed by atoms with Gasteiger partial charge in [0.15, 0.2) is 0 Å². The predicted octanol–water partition coefficient (Wildman–Crippen LogP) is 3.53. The van der Waals surface area contributed by atoms with Crippen molar-refractivity contribution >= 4 is 16.9 Å². The molecule has 1 aromatic heterocycles. The Kier molecular flexibility index (Phi) is 3.93. The Balaban J connectivity index is 2.55. The summed E-state index contributed by atoms with van der Waals surface area (Å²) in [6.07, 6.45) is -4.63. The SMILES string of the molecule is C[C@H](C(=O)NC(C)(C)C)n1c(C(F)(F)F)nc2ccccc21. The van der Waals surface area contributed by atoms with Crippen molar-refractivity contribution in [2.24, 2.45) is 0 Å². The fraction of sp³-hybridized carbons (Fsp3) is 0.467. The second-order valence-electron chi connectivity index (χ2n) is 6.21. The molecule has 0 spiro atoms. The molecule has 1 heterocycles. The molecule has 1 N–H and O–H groups in total. The summed E-state index contributed by atoms with van der Waals surface area (Å²) >= 11 is 0. The summed E-state index contributed by atoms with van der Waals surface area (Å²) in [6, 6.07) is 5.23. The molecule has 1 aromatic carbocycles. The minimum atomic E-state index is -4.63. The van der Waals surface area contributed by atoms with E-state index in [9.17, 15) is 18.0 Å². The minimum Gasteiger partial charge on any atom is -0.350 e. The van der Waals surface area contributed by atoms with Crippen molar-refractivity contribution in [2.75, 3.05) is 0 Å². The Hall–Kier alpha value is -2.05. The van der Waals surface area contributed by atoms with Crippen LogP contribution in [0.3, 0.4) is 0 Å². The highest BCUT2D eigenvalue weighted by Gasteiger charge is 2.40. The number of nitrogens with one attached hydrogen (secondary N) is 1. The van der Waals surface area contributed by atoms with Crippen molar-refractivity contribution < 1.29 is 18.0 Å². The second-order valence-corrected chi connectivity index (χ2v) is 6.21. The number of carbonyl (C=O) groups excluding carboxylic acids is 1. The molecule has 0 fully saturated rings. The minimum absolute atomic E-state index is 0.213. The molecule has 1 atom stereocenters. The van der Waals surface area contributed by atoms with Crippen LogP contribution in [0, 0.1) is 0 Å². The summed E-state index contributed by atoms with van der Waals surface area (Å²) in [5.41, 5.74) is -0.0308. The Morgan fingerprint density at radius 3 is 2.36 bits per heavy atom. The van der Waals surface area contributed by atoms with Crippen molar-refractivity contribution in [1.29, 1.82) is 0 Å². The predicted molar refractivity (Wildman–Crippen MR) is 77.3 cm³/mol. The van der Waals surface area contributed by atoms with Gasteiger partial charge in [-0.3, -0.25) is 4.79 Å². The zero-order valence-electron chi connectivity index (χ0n) is 12.8. The normalized spacial score (nSPS) is 14.1. The summed E-state index contributed by atoms with van der Waals surface area (Å²) in [5.74, 6) is -1.55. The van der Waals surface area contributed by atoms with Crippen molar-refractivity contribution in [3.8, 4) is 0 Å². The average Bonchev–Trinajstić information content (AvgIpc) is 2.75. The van der Waals surface area contributed by atoms with Gasteiger partial charge < -0.3 is 9.88 Å². The smallest absolute Gasteiger partial charge is 0.350 e. The molecular weight excluding hydrogens is 295 g/mol. The number of alkyl halides is 3. The molecule has 2 rings (SSSR count). The molecule has 4 nitrogen and oxygen atoms in total. The van der Waals surface area contributed by atoms with E-state index in [1.807, 2.05) is 0 Å². The lowest BCUT2D eigenvalue weighted by Gasteiger charge is -2.25. The van der Waals surface area contributed by atoms with Crippen molar-refractivity contribution in [2.45, 2.75) is 45.5 Å². The molecule has 1 amide bonds. The Morgan fingerprint density at radius 1 is 1.23 bits per heavy atom. The first-order valence-corrected chi connectivity index (χ1v) is 6.87. The molecule has 0 bridgehead atoms. The summed E-state index contributed by atoms with van der Waals surface area (Å²) in [4.78, 5) is 15.9.